The summed E-state index contributed by atoms with van der Waals surface area (Å²) in [5.41, 5.74) is 0.966. The normalized spacial score (nSPS) is 17.7. The zero-order valence-corrected chi connectivity index (χ0v) is 13.8. The van der Waals surface area contributed by atoms with E-state index < -0.39 is 6.10 Å². The second-order valence-corrected chi connectivity index (χ2v) is 6.24. The lowest BCUT2D eigenvalue weighted by Crippen LogP contribution is -2.41. The molecule has 2 aromatic rings. The molecule has 0 saturated carbocycles. The molecule has 0 bridgehead atoms. The molecular formula is C17H19ClN2O3. The molecule has 2 atom stereocenters. The van der Waals surface area contributed by atoms with Crippen molar-refractivity contribution >= 4 is 17.5 Å². The lowest BCUT2D eigenvalue weighted by molar-refractivity contribution is -0.127. The van der Waals surface area contributed by atoms with Gasteiger partial charge < -0.3 is 14.5 Å². The summed E-state index contributed by atoms with van der Waals surface area (Å²) in [5.74, 6) is 1.41. The summed E-state index contributed by atoms with van der Waals surface area (Å²) in [7, 11) is 3.90. The van der Waals surface area contributed by atoms with Gasteiger partial charge in [-0.15, -0.1) is 0 Å². The third kappa shape index (κ3) is 3.51. The molecule has 1 N–H and O–H groups in total. The molecular weight excluding hydrogens is 316 g/mol. The molecule has 1 aliphatic rings. The first-order valence-electron chi connectivity index (χ1n) is 7.47. The Morgan fingerprint density at radius 1 is 1.43 bits per heavy atom. The third-order valence-electron chi connectivity index (χ3n) is 3.95. The smallest absolute Gasteiger partial charge is 0.261 e. The maximum atomic E-state index is 12.4. The topological polar surface area (TPSA) is 54.7 Å². The Kier molecular flexibility index (Phi) is 4.59. The molecule has 2 heterocycles. The van der Waals surface area contributed by atoms with Crippen molar-refractivity contribution in [1.82, 2.24) is 10.2 Å². The molecule has 1 aliphatic heterocycles. The molecule has 5 nitrogen and oxygen atoms in total. The number of hydrogen-bond donors (Lipinski definition) is 1. The summed E-state index contributed by atoms with van der Waals surface area (Å²) >= 11 is 5.97. The van der Waals surface area contributed by atoms with Gasteiger partial charge in [0.15, 0.2) is 6.10 Å². The number of halogens is 1. The average molecular weight is 335 g/mol. The number of amides is 1. The second-order valence-electron chi connectivity index (χ2n) is 5.80. The molecule has 0 radical (unpaired) electrons. The summed E-state index contributed by atoms with van der Waals surface area (Å²) in [5, 5.41) is 3.60. The Balaban J connectivity index is 1.60. The van der Waals surface area contributed by atoms with Crippen LogP contribution in [0.4, 0.5) is 0 Å². The van der Waals surface area contributed by atoms with Gasteiger partial charge in [-0.3, -0.25) is 9.69 Å². The quantitative estimate of drug-likeness (QED) is 0.913. The fourth-order valence-electron chi connectivity index (χ4n) is 2.69. The van der Waals surface area contributed by atoms with Crippen LogP contribution in [0.1, 0.15) is 17.4 Å². The SMILES string of the molecule is CN(C)[C@@H](CNC(=O)[C@@H]1Cc2cc(Cl)ccc2O1)c1ccco1. The van der Waals surface area contributed by atoms with E-state index in [1.807, 2.05) is 37.2 Å². The zero-order valence-electron chi connectivity index (χ0n) is 13.1. The summed E-state index contributed by atoms with van der Waals surface area (Å²) in [4.78, 5) is 14.4. The van der Waals surface area contributed by atoms with E-state index >= 15 is 0 Å². The molecule has 0 aliphatic carbocycles. The van der Waals surface area contributed by atoms with Crippen molar-refractivity contribution in [2.24, 2.45) is 0 Å². The van der Waals surface area contributed by atoms with Crippen molar-refractivity contribution < 1.29 is 13.9 Å². The first-order chi connectivity index (χ1) is 11.0. The van der Waals surface area contributed by atoms with E-state index in [0.29, 0.717) is 18.0 Å². The van der Waals surface area contributed by atoms with Gasteiger partial charge in [0.2, 0.25) is 0 Å². The number of hydrogen-bond acceptors (Lipinski definition) is 4. The highest BCUT2D eigenvalue weighted by Gasteiger charge is 2.30. The molecule has 0 unspecified atom stereocenters. The van der Waals surface area contributed by atoms with Crippen LogP contribution < -0.4 is 10.1 Å². The molecule has 1 aromatic carbocycles. The van der Waals surface area contributed by atoms with Crippen LogP contribution in [0, 0.1) is 0 Å². The highest BCUT2D eigenvalue weighted by atomic mass is 35.5. The summed E-state index contributed by atoms with van der Waals surface area (Å²) in [6.45, 7) is 0.455. The molecule has 0 fully saturated rings. The van der Waals surface area contributed by atoms with Crippen LogP contribution in [-0.4, -0.2) is 37.6 Å². The molecule has 1 amide bonds. The number of fused-ring (bicyclic) bond motifs is 1. The van der Waals surface area contributed by atoms with Crippen LogP contribution in [0.15, 0.2) is 41.0 Å². The number of ether oxygens (including phenoxy) is 1. The predicted octanol–water partition coefficient (Wildman–Crippen LogP) is 2.66. The van der Waals surface area contributed by atoms with Crippen LogP contribution >= 0.6 is 11.6 Å². The summed E-state index contributed by atoms with van der Waals surface area (Å²) < 4.78 is 11.1. The number of benzene rings is 1. The van der Waals surface area contributed by atoms with Crippen molar-refractivity contribution in [1.29, 1.82) is 0 Å². The fraction of sp³-hybridized carbons (Fsp3) is 0.353. The van der Waals surface area contributed by atoms with Gasteiger partial charge >= 0.3 is 0 Å². The van der Waals surface area contributed by atoms with Crippen molar-refractivity contribution in [3.05, 3.63) is 52.9 Å². The Morgan fingerprint density at radius 3 is 2.96 bits per heavy atom. The fourth-order valence-corrected chi connectivity index (χ4v) is 2.89. The van der Waals surface area contributed by atoms with Crippen LogP contribution in [0.5, 0.6) is 5.75 Å². The molecule has 6 heteroatoms. The number of rotatable bonds is 5. The number of nitrogens with one attached hydrogen (secondary N) is 1. The molecule has 3 rings (SSSR count). The lowest BCUT2D eigenvalue weighted by atomic mass is 10.1. The number of furan rings is 1. The molecule has 0 spiro atoms. The van der Waals surface area contributed by atoms with Gasteiger partial charge in [-0.2, -0.15) is 0 Å². The number of likely N-dealkylation sites (N-methyl/N-ethyl adjacent to an activating group) is 1. The van der Waals surface area contributed by atoms with E-state index in [-0.39, 0.29) is 11.9 Å². The van der Waals surface area contributed by atoms with Crippen LogP contribution in [0.25, 0.3) is 0 Å². The predicted molar refractivity (Wildman–Crippen MR) is 87.7 cm³/mol. The summed E-state index contributed by atoms with van der Waals surface area (Å²) in [6, 6.07) is 9.13. The van der Waals surface area contributed by atoms with Crippen molar-refractivity contribution in [3.63, 3.8) is 0 Å². The van der Waals surface area contributed by atoms with E-state index in [0.717, 1.165) is 17.1 Å². The van der Waals surface area contributed by atoms with E-state index in [1.54, 1.807) is 18.4 Å². The zero-order chi connectivity index (χ0) is 16.4. The second kappa shape index (κ2) is 6.64. The minimum atomic E-state index is -0.511. The largest absolute Gasteiger partial charge is 0.480 e. The Bertz CT molecular complexity index is 685. The van der Waals surface area contributed by atoms with Crippen molar-refractivity contribution in [2.75, 3.05) is 20.6 Å². The van der Waals surface area contributed by atoms with Crippen LogP contribution in [0.2, 0.25) is 5.02 Å². The van der Waals surface area contributed by atoms with E-state index in [4.69, 9.17) is 20.8 Å². The highest BCUT2D eigenvalue weighted by Crippen LogP contribution is 2.31. The maximum absolute atomic E-state index is 12.4. The lowest BCUT2D eigenvalue weighted by Gasteiger charge is -2.23. The van der Waals surface area contributed by atoms with Gasteiger partial charge in [0.05, 0.1) is 12.3 Å². The van der Waals surface area contributed by atoms with Gasteiger partial charge in [0.1, 0.15) is 11.5 Å². The Hall–Kier alpha value is -1.98. The van der Waals surface area contributed by atoms with E-state index in [1.165, 1.54) is 0 Å². The third-order valence-corrected chi connectivity index (χ3v) is 4.19. The highest BCUT2D eigenvalue weighted by molar-refractivity contribution is 6.30. The molecule has 23 heavy (non-hydrogen) atoms. The number of carbonyl (C=O) groups excluding carboxylic acids is 1. The van der Waals surface area contributed by atoms with Crippen LogP contribution in [-0.2, 0) is 11.2 Å². The minimum absolute atomic E-state index is 0.0211. The van der Waals surface area contributed by atoms with Gasteiger partial charge in [-0.1, -0.05) is 11.6 Å². The van der Waals surface area contributed by atoms with Crippen molar-refractivity contribution in [3.8, 4) is 5.75 Å². The Morgan fingerprint density at radius 2 is 2.26 bits per heavy atom. The van der Waals surface area contributed by atoms with Crippen molar-refractivity contribution in [2.45, 2.75) is 18.6 Å². The van der Waals surface area contributed by atoms with Gasteiger partial charge in [-0.05, 0) is 50.0 Å². The monoisotopic (exact) mass is 334 g/mol. The average Bonchev–Trinajstić information content (AvgIpc) is 3.15. The standard InChI is InChI=1S/C17H19ClN2O3/c1-20(2)13(15-4-3-7-22-15)10-19-17(21)16-9-11-8-12(18)5-6-14(11)23-16/h3-8,13,16H,9-10H2,1-2H3,(H,19,21)/t13-,16-/m0/s1. The molecule has 0 saturated heterocycles. The maximum Gasteiger partial charge on any atom is 0.261 e. The van der Waals surface area contributed by atoms with Gasteiger partial charge in [-0.25, -0.2) is 0 Å². The van der Waals surface area contributed by atoms with E-state index in [9.17, 15) is 4.79 Å². The molecule has 1 aromatic heterocycles. The van der Waals surface area contributed by atoms with Gasteiger partial charge in [0, 0.05) is 18.0 Å². The van der Waals surface area contributed by atoms with E-state index in [2.05, 4.69) is 5.32 Å². The number of carbonyl (C=O) groups is 1. The molecule has 122 valence electrons. The summed E-state index contributed by atoms with van der Waals surface area (Å²) in [6.07, 6.45) is 1.66. The number of nitrogens with zero attached hydrogens (tertiary/aromatic N) is 1. The first kappa shape index (κ1) is 15.9. The first-order valence-corrected chi connectivity index (χ1v) is 7.85. The Labute approximate surface area is 140 Å². The van der Waals surface area contributed by atoms with Crippen LogP contribution in [0.3, 0.4) is 0 Å². The minimum Gasteiger partial charge on any atom is -0.480 e. The van der Waals surface area contributed by atoms with Gasteiger partial charge in [0.25, 0.3) is 5.91 Å².